The molecule has 0 aromatic carbocycles. The van der Waals surface area contributed by atoms with E-state index in [2.05, 4.69) is 30.5 Å². The van der Waals surface area contributed by atoms with Gasteiger partial charge in [-0.1, -0.05) is 0 Å². The first-order valence-electron chi connectivity index (χ1n) is 8.66. The van der Waals surface area contributed by atoms with Crippen molar-refractivity contribution in [3.63, 3.8) is 0 Å². The zero-order valence-electron chi connectivity index (χ0n) is 15.1. The lowest BCUT2D eigenvalue weighted by Gasteiger charge is -2.33. The molecule has 3 heterocycles. The van der Waals surface area contributed by atoms with Gasteiger partial charge < -0.3 is 20.5 Å². The van der Waals surface area contributed by atoms with E-state index in [1.165, 1.54) is 12.4 Å². The molecule has 28 heavy (non-hydrogen) atoms. The van der Waals surface area contributed by atoms with E-state index in [0.717, 1.165) is 12.8 Å². The Bertz CT molecular complexity index is 1010. The molecule has 4 rings (SSSR count). The zero-order valence-corrected chi connectivity index (χ0v) is 15.1. The monoisotopic (exact) mass is 378 g/mol. The van der Waals surface area contributed by atoms with Gasteiger partial charge >= 0.3 is 0 Å². The summed E-state index contributed by atoms with van der Waals surface area (Å²) in [6, 6.07) is 5.70. The number of rotatable bonds is 6. The van der Waals surface area contributed by atoms with Gasteiger partial charge in [0.1, 0.15) is 29.3 Å². The van der Waals surface area contributed by atoms with Gasteiger partial charge in [0.05, 0.1) is 25.2 Å². The number of aromatic amines is 1. The molecule has 142 valence electrons. The molecule has 0 bridgehead atoms. The van der Waals surface area contributed by atoms with Gasteiger partial charge in [0.15, 0.2) is 11.5 Å². The molecule has 10 heteroatoms. The summed E-state index contributed by atoms with van der Waals surface area (Å²) in [5.74, 6) is 2.07. The number of pyridine rings is 1. The number of hydrogen-bond donors (Lipinski definition) is 3. The second-order valence-electron chi connectivity index (χ2n) is 6.36. The first-order valence-corrected chi connectivity index (χ1v) is 8.66. The molecule has 0 saturated heterocycles. The molecule has 10 nitrogen and oxygen atoms in total. The summed E-state index contributed by atoms with van der Waals surface area (Å²) in [5.41, 5.74) is 7.45. The average molecular weight is 378 g/mol. The van der Waals surface area contributed by atoms with Gasteiger partial charge in [-0.15, -0.1) is 0 Å². The standard InChI is InChI=1S/C18H18N8O2/c1-27-18-17(14(2-3-21-18)28-12-4-10(20)5-12)13-6-15(26-25-13)24-16-9-22-11(7-19)8-23-16/h2-3,6,8-10,12H,4-5,20H2,1H3,(H2,23,24,25,26). The third kappa shape index (κ3) is 3.56. The number of hydrogen-bond acceptors (Lipinski definition) is 9. The van der Waals surface area contributed by atoms with Gasteiger partial charge in [0, 0.05) is 18.3 Å². The Morgan fingerprint density at radius 3 is 2.79 bits per heavy atom. The van der Waals surface area contributed by atoms with Gasteiger partial charge in [-0.05, 0) is 18.9 Å². The molecule has 0 spiro atoms. The van der Waals surface area contributed by atoms with Crippen molar-refractivity contribution in [1.82, 2.24) is 25.1 Å². The highest BCUT2D eigenvalue weighted by atomic mass is 16.5. The summed E-state index contributed by atoms with van der Waals surface area (Å²) in [4.78, 5) is 12.4. The quantitative estimate of drug-likeness (QED) is 0.583. The highest BCUT2D eigenvalue weighted by Crippen LogP contribution is 2.38. The van der Waals surface area contributed by atoms with Crippen LogP contribution < -0.4 is 20.5 Å². The van der Waals surface area contributed by atoms with Crippen LogP contribution in [-0.4, -0.2) is 44.4 Å². The van der Waals surface area contributed by atoms with E-state index in [1.807, 2.05) is 6.07 Å². The van der Waals surface area contributed by atoms with Crippen molar-refractivity contribution in [1.29, 1.82) is 5.26 Å². The molecule has 4 N–H and O–H groups in total. The molecule has 1 aliphatic carbocycles. The molecular formula is C18H18N8O2. The normalized spacial score (nSPS) is 18.0. The van der Waals surface area contributed by atoms with Crippen LogP contribution in [0.3, 0.4) is 0 Å². The van der Waals surface area contributed by atoms with Crippen molar-refractivity contribution in [2.24, 2.45) is 5.73 Å². The van der Waals surface area contributed by atoms with Crippen LogP contribution in [-0.2, 0) is 0 Å². The van der Waals surface area contributed by atoms with Gasteiger partial charge in [-0.2, -0.15) is 10.4 Å². The maximum atomic E-state index is 8.80. The molecule has 0 aliphatic heterocycles. The summed E-state index contributed by atoms with van der Waals surface area (Å²) in [6.07, 6.45) is 6.20. The van der Waals surface area contributed by atoms with E-state index in [0.29, 0.717) is 34.5 Å². The van der Waals surface area contributed by atoms with E-state index < -0.39 is 0 Å². The van der Waals surface area contributed by atoms with E-state index >= 15 is 0 Å². The summed E-state index contributed by atoms with van der Waals surface area (Å²) in [5, 5.41) is 19.0. The number of H-pyrrole nitrogens is 1. The molecule has 0 radical (unpaired) electrons. The summed E-state index contributed by atoms with van der Waals surface area (Å²) >= 11 is 0. The zero-order chi connectivity index (χ0) is 19.5. The molecule has 0 amide bonds. The van der Waals surface area contributed by atoms with Crippen molar-refractivity contribution >= 4 is 11.6 Å². The molecule has 0 unspecified atom stereocenters. The number of nitrogens with one attached hydrogen (secondary N) is 2. The Hall–Kier alpha value is -3.71. The number of methoxy groups -OCH3 is 1. The average Bonchev–Trinajstić information content (AvgIpc) is 3.15. The first kappa shape index (κ1) is 17.7. The van der Waals surface area contributed by atoms with Crippen molar-refractivity contribution in [2.75, 3.05) is 12.4 Å². The minimum absolute atomic E-state index is 0.0790. The van der Waals surface area contributed by atoms with Crippen LogP contribution in [0.5, 0.6) is 11.6 Å². The fourth-order valence-electron chi connectivity index (χ4n) is 2.90. The van der Waals surface area contributed by atoms with E-state index in [-0.39, 0.29) is 17.8 Å². The summed E-state index contributed by atoms with van der Waals surface area (Å²) in [7, 11) is 1.55. The minimum atomic E-state index is 0.0790. The van der Waals surface area contributed by atoms with Crippen LogP contribution >= 0.6 is 0 Å². The number of anilines is 2. The number of ether oxygens (including phenoxy) is 2. The molecule has 3 aromatic rings. The molecule has 1 aliphatic rings. The Labute approximate surface area is 160 Å². The highest BCUT2D eigenvalue weighted by Gasteiger charge is 2.29. The van der Waals surface area contributed by atoms with Crippen molar-refractivity contribution < 1.29 is 9.47 Å². The third-order valence-electron chi connectivity index (χ3n) is 4.37. The first-order chi connectivity index (χ1) is 13.7. The number of nitrogens with zero attached hydrogens (tertiary/aromatic N) is 5. The largest absolute Gasteiger partial charge is 0.489 e. The molecular weight excluding hydrogens is 360 g/mol. The summed E-state index contributed by atoms with van der Waals surface area (Å²) in [6.45, 7) is 0. The Morgan fingerprint density at radius 2 is 2.11 bits per heavy atom. The summed E-state index contributed by atoms with van der Waals surface area (Å²) < 4.78 is 11.5. The molecule has 1 saturated carbocycles. The van der Waals surface area contributed by atoms with Crippen LogP contribution in [0.4, 0.5) is 11.6 Å². The van der Waals surface area contributed by atoms with Crippen LogP contribution in [0, 0.1) is 11.3 Å². The SMILES string of the molecule is COc1nccc(OC2CC(N)C2)c1-c1cc(Nc2cnc(C#N)cn2)n[nH]1. The Kier molecular flexibility index (Phi) is 4.74. The van der Waals surface area contributed by atoms with Crippen LogP contribution in [0.15, 0.2) is 30.7 Å². The lowest BCUT2D eigenvalue weighted by Crippen LogP contribution is -2.43. The lowest BCUT2D eigenvalue weighted by molar-refractivity contribution is 0.101. The maximum absolute atomic E-state index is 8.80. The van der Waals surface area contributed by atoms with E-state index in [9.17, 15) is 0 Å². The van der Waals surface area contributed by atoms with E-state index in [4.69, 9.17) is 20.5 Å². The molecule has 3 aromatic heterocycles. The van der Waals surface area contributed by atoms with Crippen molar-refractivity contribution in [3.8, 4) is 29.0 Å². The number of nitrogens with two attached hydrogens (primary N) is 1. The van der Waals surface area contributed by atoms with Crippen molar-refractivity contribution in [3.05, 3.63) is 36.4 Å². The van der Waals surface area contributed by atoms with Crippen LogP contribution in [0.2, 0.25) is 0 Å². The highest BCUT2D eigenvalue weighted by molar-refractivity contribution is 5.74. The third-order valence-corrected chi connectivity index (χ3v) is 4.37. The van der Waals surface area contributed by atoms with Crippen molar-refractivity contribution in [2.45, 2.75) is 25.0 Å². The van der Waals surface area contributed by atoms with Gasteiger partial charge in [-0.25, -0.2) is 15.0 Å². The number of nitriles is 1. The molecule has 1 fully saturated rings. The topological polar surface area (TPSA) is 148 Å². The number of aromatic nitrogens is 5. The predicted octanol–water partition coefficient (Wildman–Crippen LogP) is 1.75. The smallest absolute Gasteiger partial charge is 0.226 e. The fourth-order valence-corrected chi connectivity index (χ4v) is 2.90. The van der Waals surface area contributed by atoms with Gasteiger partial charge in [0.25, 0.3) is 0 Å². The Balaban J connectivity index is 1.59. The van der Waals surface area contributed by atoms with Crippen LogP contribution in [0.1, 0.15) is 18.5 Å². The predicted molar refractivity (Wildman–Crippen MR) is 100 cm³/mol. The second-order valence-corrected chi connectivity index (χ2v) is 6.36. The van der Waals surface area contributed by atoms with E-state index in [1.54, 1.807) is 25.4 Å². The fraction of sp³-hybridized carbons (Fsp3) is 0.278. The maximum Gasteiger partial charge on any atom is 0.226 e. The van der Waals surface area contributed by atoms with Crippen LogP contribution in [0.25, 0.3) is 11.3 Å². The molecule has 0 atom stereocenters. The Morgan fingerprint density at radius 1 is 1.25 bits per heavy atom. The minimum Gasteiger partial charge on any atom is -0.489 e. The van der Waals surface area contributed by atoms with Gasteiger partial charge in [-0.3, -0.25) is 5.10 Å². The van der Waals surface area contributed by atoms with Gasteiger partial charge in [0.2, 0.25) is 5.88 Å². The lowest BCUT2D eigenvalue weighted by atomic mass is 9.90. The second kappa shape index (κ2) is 7.50.